The molecule has 0 spiro atoms. The Kier molecular flexibility index (Phi) is 6.35. The van der Waals surface area contributed by atoms with E-state index in [0.29, 0.717) is 44.2 Å². The number of methoxy groups -OCH3 is 1. The molecule has 2 aliphatic heterocycles. The zero-order valence-electron chi connectivity index (χ0n) is 19.0. The SMILES string of the molecule is COc1c([C@H]2CN3CCN(C(=O)Cc4ccc(-n5cnnn5)nc4)C[C@H]3CO2)ccc(F)c1C#N. The molecule has 12 heteroatoms. The van der Waals surface area contributed by atoms with Crippen molar-refractivity contribution in [3.63, 3.8) is 0 Å². The Bertz CT molecular complexity index is 1240. The largest absolute Gasteiger partial charge is 0.495 e. The summed E-state index contributed by atoms with van der Waals surface area (Å²) in [4.78, 5) is 21.4. The van der Waals surface area contributed by atoms with E-state index in [0.717, 1.165) is 5.56 Å². The summed E-state index contributed by atoms with van der Waals surface area (Å²) in [6, 6.07) is 8.43. The van der Waals surface area contributed by atoms with Crippen LogP contribution in [0.15, 0.2) is 36.8 Å². The number of carbonyl (C=O) groups is 1. The molecule has 2 aromatic heterocycles. The summed E-state index contributed by atoms with van der Waals surface area (Å²) in [5.74, 6) is 0.203. The molecule has 0 N–H and O–H groups in total. The Morgan fingerprint density at radius 2 is 2.17 bits per heavy atom. The summed E-state index contributed by atoms with van der Waals surface area (Å²) < 4.78 is 26.9. The minimum Gasteiger partial charge on any atom is -0.495 e. The van der Waals surface area contributed by atoms with E-state index < -0.39 is 5.82 Å². The van der Waals surface area contributed by atoms with Crippen LogP contribution in [-0.2, 0) is 16.0 Å². The lowest BCUT2D eigenvalue weighted by Gasteiger charge is -2.46. The predicted octanol–water partition coefficient (Wildman–Crippen LogP) is 0.903. The van der Waals surface area contributed by atoms with Gasteiger partial charge in [-0.15, -0.1) is 5.10 Å². The van der Waals surface area contributed by atoms with E-state index in [1.807, 2.05) is 17.0 Å². The molecule has 0 saturated carbocycles. The lowest BCUT2D eigenvalue weighted by Crippen LogP contribution is -2.59. The molecule has 0 aliphatic carbocycles. The quantitative estimate of drug-likeness (QED) is 0.526. The number of halogens is 1. The second kappa shape index (κ2) is 9.73. The van der Waals surface area contributed by atoms with Gasteiger partial charge in [0.05, 0.1) is 32.3 Å². The van der Waals surface area contributed by atoms with Crippen molar-refractivity contribution >= 4 is 5.91 Å². The van der Waals surface area contributed by atoms with Crippen LogP contribution in [0.5, 0.6) is 5.75 Å². The number of aromatic nitrogens is 5. The molecule has 2 saturated heterocycles. The summed E-state index contributed by atoms with van der Waals surface area (Å²) in [6.45, 7) is 2.84. The minimum atomic E-state index is -0.617. The number of ether oxygens (including phenoxy) is 2. The number of pyridine rings is 1. The van der Waals surface area contributed by atoms with Gasteiger partial charge in [0.15, 0.2) is 5.82 Å². The highest BCUT2D eigenvalue weighted by molar-refractivity contribution is 5.79. The Hall–Kier alpha value is -3.95. The molecular weight excluding hydrogens is 455 g/mol. The van der Waals surface area contributed by atoms with Crippen LogP contribution in [0.1, 0.15) is 22.8 Å². The van der Waals surface area contributed by atoms with Gasteiger partial charge in [-0.3, -0.25) is 9.69 Å². The third kappa shape index (κ3) is 4.55. The maximum Gasteiger partial charge on any atom is 0.227 e. The van der Waals surface area contributed by atoms with Gasteiger partial charge in [-0.25, -0.2) is 9.37 Å². The highest BCUT2D eigenvalue weighted by atomic mass is 19.1. The zero-order valence-corrected chi connectivity index (χ0v) is 19.0. The smallest absolute Gasteiger partial charge is 0.227 e. The first-order valence-electron chi connectivity index (χ1n) is 11.2. The van der Waals surface area contributed by atoms with Gasteiger partial charge >= 0.3 is 0 Å². The number of morpholine rings is 1. The van der Waals surface area contributed by atoms with Crippen LogP contribution in [0.25, 0.3) is 5.82 Å². The van der Waals surface area contributed by atoms with Gasteiger partial charge in [-0.05, 0) is 34.2 Å². The van der Waals surface area contributed by atoms with Gasteiger partial charge in [0.25, 0.3) is 0 Å². The maximum absolute atomic E-state index is 14.0. The van der Waals surface area contributed by atoms with E-state index >= 15 is 0 Å². The molecule has 180 valence electrons. The van der Waals surface area contributed by atoms with Gasteiger partial charge in [-0.2, -0.15) is 9.94 Å². The number of piperazine rings is 1. The first-order valence-corrected chi connectivity index (χ1v) is 11.2. The molecule has 5 rings (SSSR count). The fraction of sp³-hybridized carbons (Fsp3) is 0.391. The zero-order chi connectivity index (χ0) is 24.4. The lowest BCUT2D eigenvalue weighted by molar-refractivity contribution is -0.139. The summed E-state index contributed by atoms with van der Waals surface area (Å²) in [7, 11) is 1.42. The Balaban J connectivity index is 1.20. The van der Waals surface area contributed by atoms with Crippen molar-refractivity contribution in [1.82, 2.24) is 35.0 Å². The van der Waals surface area contributed by atoms with Crippen molar-refractivity contribution in [2.24, 2.45) is 0 Å². The van der Waals surface area contributed by atoms with E-state index in [9.17, 15) is 14.4 Å². The number of hydrogen-bond acceptors (Lipinski definition) is 9. The van der Waals surface area contributed by atoms with Gasteiger partial charge in [0.2, 0.25) is 5.91 Å². The first-order chi connectivity index (χ1) is 17.1. The van der Waals surface area contributed by atoms with Crippen molar-refractivity contribution in [3.05, 3.63) is 59.3 Å². The van der Waals surface area contributed by atoms with Gasteiger partial charge in [0, 0.05) is 37.9 Å². The highest BCUT2D eigenvalue weighted by Crippen LogP contribution is 2.35. The predicted molar refractivity (Wildman–Crippen MR) is 119 cm³/mol. The van der Waals surface area contributed by atoms with Crippen LogP contribution >= 0.6 is 0 Å². The molecule has 3 aromatic rings. The van der Waals surface area contributed by atoms with Crippen LogP contribution in [0.3, 0.4) is 0 Å². The highest BCUT2D eigenvalue weighted by Gasteiger charge is 2.36. The molecule has 11 nitrogen and oxygen atoms in total. The fourth-order valence-electron chi connectivity index (χ4n) is 4.56. The topological polar surface area (TPSA) is 122 Å². The number of nitrogens with zero attached hydrogens (tertiary/aromatic N) is 8. The van der Waals surface area contributed by atoms with Crippen molar-refractivity contribution in [3.8, 4) is 17.6 Å². The number of nitriles is 1. The van der Waals surface area contributed by atoms with E-state index in [4.69, 9.17) is 9.47 Å². The van der Waals surface area contributed by atoms with E-state index in [2.05, 4.69) is 25.4 Å². The van der Waals surface area contributed by atoms with E-state index in [-0.39, 0.29) is 35.8 Å². The van der Waals surface area contributed by atoms with Gasteiger partial charge in [0.1, 0.15) is 29.5 Å². The summed E-state index contributed by atoms with van der Waals surface area (Å²) in [5, 5.41) is 20.3. The van der Waals surface area contributed by atoms with Crippen molar-refractivity contribution < 1.29 is 18.7 Å². The van der Waals surface area contributed by atoms with E-state index in [1.165, 1.54) is 24.2 Å². The number of hydrogen-bond donors (Lipinski definition) is 0. The molecule has 1 aromatic carbocycles. The van der Waals surface area contributed by atoms with Crippen LogP contribution in [0.4, 0.5) is 4.39 Å². The van der Waals surface area contributed by atoms with Crippen LogP contribution in [0, 0.1) is 17.1 Å². The third-order valence-corrected chi connectivity index (χ3v) is 6.40. The Labute approximate surface area is 200 Å². The molecule has 0 unspecified atom stereocenters. The van der Waals surface area contributed by atoms with Crippen molar-refractivity contribution in [1.29, 1.82) is 5.26 Å². The lowest BCUT2D eigenvalue weighted by atomic mass is 10.00. The molecule has 4 heterocycles. The maximum atomic E-state index is 14.0. The third-order valence-electron chi connectivity index (χ3n) is 6.40. The molecule has 1 amide bonds. The Morgan fingerprint density at radius 1 is 1.29 bits per heavy atom. The van der Waals surface area contributed by atoms with Gasteiger partial charge in [-0.1, -0.05) is 6.07 Å². The average Bonchev–Trinajstić information content (AvgIpc) is 3.43. The number of amides is 1. The molecule has 0 bridgehead atoms. The number of rotatable bonds is 5. The van der Waals surface area contributed by atoms with Crippen molar-refractivity contribution in [2.75, 3.05) is 39.9 Å². The van der Waals surface area contributed by atoms with Crippen LogP contribution < -0.4 is 4.74 Å². The minimum absolute atomic E-state index is 0.0302. The molecule has 2 atom stereocenters. The average molecular weight is 478 g/mol. The summed E-state index contributed by atoms with van der Waals surface area (Å²) >= 11 is 0. The molecule has 0 radical (unpaired) electrons. The molecule has 2 aliphatic rings. The number of tetrazole rings is 1. The molecular formula is C23H23FN8O3. The fourth-order valence-corrected chi connectivity index (χ4v) is 4.56. The standard InChI is InChI=1S/C23H23FN8O3/c1-34-23-17(3-4-19(24)18(23)9-25)20-12-30-6-7-31(11-16(30)13-35-20)22(33)8-15-2-5-21(26-10-15)32-14-27-28-29-32/h2-5,10,14,16,20H,6-8,11-13H2,1H3/t16-,20+/m0/s1. The summed E-state index contributed by atoms with van der Waals surface area (Å²) in [5.41, 5.74) is 1.34. The molecule has 35 heavy (non-hydrogen) atoms. The normalized spacial score (nSPS) is 20.2. The van der Waals surface area contributed by atoms with Crippen LogP contribution in [0.2, 0.25) is 0 Å². The Morgan fingerprint density at radius 3 is 2.89 bits per heavy atom. The van der Waals surface area contributed by atoms with Gasteiger partial charge < -0.3 is 14.4 Å². The monoisotopic (exact) mass is 478 g/mol. The second-order valence-corrected chi connectivity index (χ2v) is 8.42. The number of fused-ring (bicyclic) bond motifs is 1. The number of carbonyl (C=O) groups excluding carboxylic acids is 1. The second-order valence-electron chi connectivity index (χ2n) is 8.42. The van der Waals surface area contributed by atoms with Crippen LogP contribution in [-0.4, -0.2) is 86.8 Å². The molecule has 2 fully saturated rings. The van der Waals surface area contributed by atoms with Crippen molar-refractivity contribution in [2.45, 2.75) is 18.6 Å². The summed E-state index contributed by atoms with van der Waals surface area (Å²) in [6.07, 6.45) is 3.02. The van der Waals surface area contributed by atoms with E-state index in [1.54, 1.807) is 18.3 Å². The number of benzene rings is 1. The first kappa shape index (κ1) is 22.8.